The smallest absolute Gasteiger partial charge is 0.164 e. The Bertz CT molecular complexity index is 3280. The maximum atomic E-state index is 6.43. The summed E-state index contributed by atoms with van der Waals surface area (Å²) in [6, 6.07) is 70.0. The van der Waals surface area contributed by atoms with Gasteiger partial charge < -0.3 is 4.42 Å². The van der Waals surface area contributed by atoms with Gasteiger partial charge in [-0.1, -0.05) is 170 Å². The predicted octanol–water partition coefficient (Wildman–Crippen LogP) is 14.1. The summed E-state index contributed by atoms with van der Waals surface area (Å²) in [5.41, 5.74) is 11.3. The van der Waals surface area contributed by atoms with E-state index in [9.17, 15) is 0 Å². The zero-order valence-corrected chi connectivity index (χ0v) is 30.8. The summed E-state index contributed by atoms with van der Waals surface area (Å²) in [6.07, 6.45) is 0. The molecule has 2 aromatic heterocycles. The number of fused-ring (bicyclic) bond motifs is 5. The lowest BCUT2D eigenvalue weighted by molar-refractivity contribution is 0.669. The molecule has 4 nitrogen and oxygen atoms in total. The van der Waals surface area contributed by atoms with Crippen molar-refractivity contribution in [2.75, 3.05) is 0 Å². The number of rotatable bonds is 6. The number of benzene rings is 9. The summed E-state index contributed by atoms with van der Waals surface area (Å²) in [5.74, 6) is 1.88. The molecule has 57 heavy (non-hydrogen) atoms. The topological polar surface area (TPSA) is 51.8 Å². The van der Waals surface area contributed by atoms with Crippen LogP contribution in [-0.2, 0) is 0 Å². The summed E-state index contributed by atoms with van der Waals surface area (Å²) in [5, 5.41) is 7.01. The molecule has 0 spiro atoms. The Balaban J connectivity index is 0.963. The molecule has 0 N–H and O–H groups in total. The van der Waals surface area contributed by atoms with Crippen LogP contribution in [0, 0.1) is 0 Å². The van der Waals surface area contributed by atoms with Crippen LogP contribution in [0.2, 0.25) is 0 Å². The van der Waals surface area contributed by atoms with Crippen LogP contribution in [0.3, 0.4) is 0 Å². The fourth-order valence-corrected chi connectivity index (χ4v) is 7.95. The van der Waals surface area contributed by atoms with Crippen LogP contribution >= 0.6 is 0 Å². The molecule has 4 heteroatoms. The third kappa shape index (κ3) is 6.01. The van der Waals surface area contributed by atoms with E-state index < -0.39 is 0 Å². The molecule has 11 rings (SSSR count). The summed E-state index contributed by atoms with van der Waals surface area (Å²) in [6.45, 7) is 0. The van der Waals surface area contributed by atoms with Gasteiger partial charge in [-0.2, -0.15) is 0 Å². The molecule has 2 heterocycles. The lowest BCUT2D eigenvalue weighted by atomic mass is 9.98. The minimum Gasteiger partial charge on any atom is -0.456 e. The van der Waals surface area contributed by atoms with Crippen molar-refractivity contribution in [3.63, 3.8) is 0 Å². The van der Waals surface area contributed by atoms with E-state index in [4.69, 9.17) is 19.4 Å². The van der Waals surface area contributed by atoms with Crippen LogP contribution in [0.4, 0.5) is 0 Å². The summed E-state index contributed by atoms with van der Waals surface area (Å²) in [7, 11) is 0. The quantitative estimate of drug-likeness (QED) is 0.171. The van der Waals surface area contributed by atoms with E-state index in [-0.39, 0.29) is 0 Å². The molecular weight excluding hydrogens is 695 g/mol. The second kappa shape index (κ2) is 13.6. The van der Waals surface area contributed by atoms with Gasteiger partial charge in [-0.3, -0.25) is 0 Å². The van der Waals surface area contributed by atoms with Crippen molar-refractivity contribution < 1.29 is 4.42 Å². The molecule has 0 fully saturated rings. The molecule has 11 aromatic rings. The molecule has 0 aliphatic rings. The Kier molecular flexibility index (Phi) is 7.78. The average molecular weight is 728 g/mol. The second-order valence-electron chi connectivity index (χ2n) is 14.4. The molecule has 0 bridgehead atoms. The Morgan fingerprint density at radius 1 is 0.281 bits per heavy atom. The zero-order valence-electron chi connectivity index (χ0n) is 30.8. The summed E-state index contributed by atoms with van der Waals surface area (Å²) < 4.78 is 6.43. The molecule has 0 aliphatic heterocycles. The summed E-state index contributed by atoms with van der Waals surface area (Å²) >= 11 is 0. The molecule has 0 radical (unpaired) electrons. The fourth-order valence-electron chi connectivity index (χ4n) is 7.95. The highest BCUT2D eigenvalue weighted by molar-refractivity contribution is 6.13. The summed E-state index contributed by atoms with van der Waals surface area (Å²) in [4.78, 5) is 15.2. The van der Waals surface area contributed by atoms with Crippen LogP contribution < -0.4 is 0 Å². The van der Waals surface area contributed by atoms with Gasteiger partial charge in [0.2, 0.25) is 0 Å². The fraction of sp³-hybridized carbons (Fsp3) is 0. The second-order valence-corrected chi connectivity index (χ2v) is 14.4. The van der Waals surface area contributed by atoms with Crippen molar-refractivity contribution in [2.45, 2.75) is 0 Å². The van der Waals surface area contributed by atoms with Gasteiger partial charge in [-0.05, 0) is 85.3 Å². The van der Waals surface area contributed by atoms with Crippen LogP contribution in [0.1, 0.15) is 0 Å². The first-order valence-electron chi connectivity index (χ1n) is 19.2. The molecule has 0 amide bonds. The lowest BCUT2D eigenvalue weighted by Gasteiger charge is -2.10. The largest absolute Gasteiger partial charge is 0.456 e. The Morgan fingerprint density at radius 2 is 0.754 bits per heavy atom. The third-order valence-corrected chi connectivity index (χ3v) is 10.9. The van der Waals surface area contributed by atoms with E-state index in [0.717, 1.165) is 60.7 Å². The van der Waals surface area contributed by atoms with E-state index in [1.807, 2.05) is 12.1 Å². The highest BCUT2D eigenvalue weighted by atomic mass is 16.3. The molecule has 0 atom stereocenters. The van der Waals surface area contributed by atoms with E-state index in [1.54, 1.807) is 0 Å². The van der Waals surface area contributed by atoms with Crippen LogP contribution in [0.5, 0.6) is 0 Å². The van der Waals surface area contributed by atoms with Crippen molar-refractivity contribution in [3.8, 4) is 67.5 Å². The van der Waals surface area contributed by atoms with E-state index in [0.29, 0.717) is 17.5 Å². The zero-order chi connectivity index (χ0) is 37.7. The third-order valence-electron chi connectivity index (χ3n) is 10.9. The predicted molar refractivity (Wildman–Crippen MR) is 235 cm³/mol. The first-order valence-corrected chi connectivity index (χ1v) is 19.2. The molecular formula is C53H33N3O. The Morgan fingerprint density at radius 3 is 1.39 bits per heavy atom. The van der Waals surface area contributed by atoms with Crippen molar-refractivity contribution in [1.29, 1.82) is 0 Å². The van der Waals surface area contributed by atoms with Crippen LogP contribution in [0.25, 0.3) is 111 Å². The highest BCUT2D eigenvalue weighted by Crippen LogP contribution is 2.38. The Labute approximate surface area is 329 Å². The SMILES string of the molecule is c1ccc(-c2cccc3oc4cc(-c5ccc(-c6nc(-c7ccc(-c8ccc9ccccc9c8)cc7)nc(-c7ccc8ccccc8c7)n6)cc5)ccc4c23)cc1. The highest BCUT2D eigenvalue weighted by Gasteiger charge is 2.16. The van der Waals surface area contributed by atoms with Crippen molar-refractivity contribution in [1.82, 2.24) is 15.0 Å². The van der Waals surface area contributed by atoms with Crippen molar-refractivity contribution in [3.05, 3.63) is 200 Å². The molecule has 9 aromatic carbocycles. The molecule has 266 valence electrons. The molecule has 0 unspecified atom stereocenters. The monoisotopic (exact) mass is 727 g/mol. The minimum absolute atomic E-state index is 0.620. The van der Waals surface area contributed by atoms with Crippen LogP contribution in [0.15, 0.2) is 205 Å². The molecule has 0 saturated carbocycles. The standard InChI is InChI=1S/C53H33N3O/c1-2-11-38(12-3-1)46-15-8-16-48-50(46)47-30-29-44(33-49(47)57-48)37-19-25-40(26-20-37)52-54-51(55-53(56-52)45-28-22-35-10-5-7-14-42(35)32-45)39-23-17-36(18-24-39)43-27-21-34-9-4-6-13-41(34)31-43/h1-33H. The average Bonchev–Trinajstić information content (AvgIpc) is 3.67. The maximum Gasteiger partial charge on any atom is 0.164 e. The van der Waals surface area contributed by atoms with Gasteiger partial charge in [0.15, 0.2) is 17.5 Å². The lowest BCUT2D eigenvalue weighted by Crippen LogP contribution is -2.00. The van der Waals surface area contributed by atoms with Crippen molar-refractivity contribution in [2.24, 2.45) is 0 Å². The van der Waals surface area contributed by atoms with Crippen LogP contribution in [-0.4, -0.2) is 15.0 Å². The van der Waals surface area contributed by atoms with Gasteiger partial charge in [0.05, 0.1) is 0 Å². The van der Waals surface area contributed by atoms with Gasteiger partial charge >= 0.3 is 0 Å². The van der Waals surface area contributed by atoms with Gasteiger partial charge in [-0.15, -0.1) is 0 Å². The Hall–Kier alpha value is -7.69. The normalized spacial score (nSPS) is 11.5. The number of hydrogen-bond acceptors (Lipinski definition) is 4. The number of furan rings is 1. The van der Waals surface area contributed by atoms with E-state index in [2.05, 4.69) is 188 Å². The number of aromatic nitrogens is 3. The van der Waals surface area contributed by atoms with Crippen molar-refractivity contribution >= 4 is 43.5 Å². The van der Waals surface area contributed by atoms with E-state index in [1.165, 1.54) is 32.8 Å². The maximum absolute atomic E-state index is 6.43. The molecule has 0 saturated heterocycles. The molecule has 0 aliphatic carbocycles. The first kappa shape index (κ1) is 32.7. The number of nitrogens with zero attached hydrogens (tertiary/aromatic N) is 3. The number of hydrogen-bond donors (Lipinski definition) is 0. The van der Waals surface area contributed by atoms with Gasteiger partial charge in [0.1, 0.15) is 11.2 Å². The van der Waals surface area contributed by atoms with Gasteiger partial charge in [-0.25, -0.2) is 15.0 Å². The minimum atomic E-state index is 0.620. The first-order chi connectivity index (χ1) is 28.2. The van der Waals surface area contributed by atoms with E-state index >= 15 is 0 Å². The van der Waals surface area contributed by atoms with Gasteiger partial charge in [0.25, 0.3) is 0 Å². The van der Waals surface area contributed by atoms with Gasteiger partial charge in [0, 0.05) is 27.5 Å².